The summed E-state index contributed by atoms with van der Waals surface area (Å²) in [6.07, 6.45) is 2.05. The third kappa shape index (κ3) is 3.08. The molecule has 0 saturated heterocycles. The van der Waals surface area contributed by atoms with Gasteiger partial charge in [0.05, 0.1) is 4.90 Å². The molecule has 0 radical (unpaired) electrons. The molecule has 0 aliphatic rings. The van der Waals surface area contributed by atoms with E-state index in [1.54, 1.807) is 6.07 Å². The quantitative estimate of drug-likeness (QED) is 0.771. The highest BCUT2D eigenvalue weighted by Gasteiger charge is 2.03. The van der Waals surface area contributed by atoms with Crippen molar-refractivity contribution >= 4 is 10.0 Å². The van der Waals surface area contributed by atoms with Gasteiger partial charge in [-0.15, -0.1) is 0 Å². The Morgan fingerprint density at radius 2 is 2.07 bits per heavy atom. The molecule has 0 fully saturated rings. The Morgan fingerprint density at radius 3 is 2.43 bits per heavy atom. The summed E-state index contributed by atoms with van der Waals surface area (Å²) in [5, 5.41) is 6.82. The van der Waals surface area contributed by atoms with Crippen molar-refractivity contribution in [1.82, 2.24) is 4.98 Å². The zero-order chi connectivity index (χ0) is 10.8. The van der Waals surface area contributed by atoms with Crippen LogP contribution in [0.15, 0.2) is 23.2 Å². The van der Waals surface area contributed by atoms with Crippen molar-refractivity contribution in [2.75, 3.05) is 0 Å². The van der Waals surface area contributed by atoms with Crippen LogP contribution in [0.25, 0.3) is 5.14 Å². The van der Waals surface area contributed by atoms with Crippen LogP contribution in [0, 0.1) is 5.92 Å². The molecule has 0 atom stereocenters. The van der Waals surface area contributed by atoms with E-state index in [1.807, 2.05) is 0 Å². The molecule has 0 saturated carbocycles. The molecule has 1 heterocycles. The number of rotatable bonds is 3. The van der Waals surface area contributed by atoms with E-state index in [4.69, 9.17) is 5.14 Å². The summed E-state index contributed by atoms with van der Waals surface area (Å²) in [6.45, 7) is 4.13. The molecule has 78 valence electrons. The van der Waals surface area contributed by atoms with Crippen LogP contribution in [-0.4, -0.2) is 13.4 Å². The smallest absolute Gasteiger partial charge is 0.100 e. The van der Waals surface area contributed by atoms with Gasteiger partial charge < -0.3 is 5.14 Å². The van der Waals surface area contributed by atoms with Gasteiger partial charge in [-0.2, -0.15) is 0 Å². The third-order valence-corrected chi connectivity index (χ3v) is 2.59. The Morgan fingerprint density at radius 1 is 1.43 bits per heavy atom. The van der Waals surface area contributed by atoms with E-state index in [0.29, 0.717) is 5.92 Å². The SMILES string of the molecule is CC(C)Cc1ccc(S([NH-])(=O)=O)cn1. The Kier molecular flexibility index (Phi) is 3.23. The van der Waals surface area contributed by atoms with Crippen LogP contribution in [0.4, 0.5) is 0 Å². The topological polar surface area (TPSA) is 70.8 Å². The fourth-order valence-electron chi connectivity index (χ4n) is 1.11. The maximum atomic E-state index is 10.8. The second-order valence-corrected chi connectivity index (χ2v) is 5.06. The van der Waals surface area contributed by atoms with Crippen molar-refractivity contribution in [3.8, 4) is 0 Å². The molecule has 0 aliphatic carbocycles. The molecular weight excluding hydrogens is 200 g/mol. The molecule has 0 aromatic carbocycles. The predicted octanol–water partition coefficient (Wildman–Crippen LogP) is 2.02. The maximum absolute atomic E-state index is 10.8. The Labute approximate surface area is 84.2 Å². The van der Waals surface area contributed by atoms with Gasteiger partial charge in [0.15, 0.2) is 0 Å². The van der Waals surface area contributed by atoms with Crippen molar-refractivity contribution in [2.24, 2.45) is 5.92 Å². The second-order valence-electron chi connectivity index (χ2n) is 3.59. The van der Waals surface area contributed by atoms with Gasteiger partial charge in [0.2, 0.25) is 0 Å². The summed E-state index contributed by atoms with van der Waals surface area (Å²) in [5.41, 5.74) is 0.854. The molecule has 0 aliphatic heterocycles. The summed E-state index contributed by atoms with van der Waals surface area (Å²) in [5.74, 6) is 0.487. The average molecular weight is 213 g/mol. The van der Waals surface area contributed by atoms with E-state index in [-0.39, 0.29) is 4.90 Å². The van der Waals surface area contributed by atoms with Gasteiger partial charge in [0, 0.05) is 11.9 Å². The number of pyridine rings is 1. The summed E-state index contributed by atoms with van der Waals surface area (Å²) in [6, 6.07) is 3.08. The number of hydrogen-bond acceptors (Lipinski definition) is 3. The van der Waals surface area contributed by atoms with E-state index in [2.05, 4.69) is 18.8 Å². The fourth-order valence-corrected chi connectivity index (χ4v) is 1.55. The van der Waals surface area contributed by atoms with Gasteiger partial charge in [-0.3, -0.25) is 4.98 Å². The van der Waals surface area contributed by atoms with E-state index < -0.39 is 10.0 Å². The molecule has 0 spiro atoms. The van der Waals surface area contributed by atoms with E-state index in [1.165, 1.54) is 12.3 Å². The first kappa shape index (κ1) is 11.1. The molecule has 1 rings (SSSR count). The Bertz CT molecular complexity index is 395. The van der Waals surface area contributed by atoms with Crippen molar-refractivity contribution in [1.29, 1.82) is 0 Å². The Hall–Kier alpha value is -0.940. The summed E-state index contributed by atoms with van der Waals surface area (Å²) in [4.78, 5) is 3.94. The van der Waals surface area contributed by atoms with E-state index in [9.17, 15) is 8.42 Å². The van der Waals surface area contributed by atoms with Crippen LogP contribution in [0.2, 0.25) is 0 Å². The minimum Gasteiger partial charge on any atom is -0.560 e. The largest absolute Gasteiger partial charge is 0.560 e. The summed E-state index contributed by atoms with van der Waals surface area (Å²) >= 11 is 0. The number of nitrogens with zero attached hydrogens (tertiary/aromatic N) is 1. The van der Waals surface area contributed by atoms with Crippen molar-refractivity contribution in [2.45, 2.75) is 25.2 Å². The van der Waals surface area contributed by atoms with E-state index >= 15 is 0 Å². The van der Waals surface area contributed by atoms with Crippen molar-refractivity contribution in [3.63, 3.8) is 0 Å². The lowest BCUT2D eigenvalue weighted by Crippen LogP contribution is -1.99. The second kappa shape index (κ2) is 4.06. The van der Waals surface area contributed by atoms with Crippen molar-refractivity contribution < 1.29 is 8.42 Å². The molecule has 1 aromatic heterocycles. The Balaban J connectivity index is 2.90. The van der Waals surface area contributed by atoms with Crippen LogP contribution < -0.4 is 0 Å². The van der Waals surface area contributed by atoms with Crippen molar-refractivity contribution in [3.05, 3.63) is 29.2 Å². The van der Waals surface area contributed by atoms with Gasteiger partial charge in [0.25, 0.3) is 0 Å². The standard InChI is InChI=1S/C9H13N2O2S/c1-7(2)5-8-3-4-9(6-11-8)14(10,12)13/h3-4,6-7H,5H2,1-2H3,(H-,10,12,13)/q-1. The number of nitrogens with one attached hydrogen (secondary N) is 1. The molecule has 4 nitrogen and oxygen atoms in total. The number of hydrogen-bond donors (Lipinski definition) is 0. The molecule has 0 unspecified atom stereocenters. The normalized spacial score (nSPS) is 12.0. The molecule has 14 heavy (non-hydrogen) atoms. The highest BCUT2D eigenvalue weighted by Crippen LogP contribution is 2.11. The zero-order valence-corrected chi connectivity index (χ0v) is 9.00. The lowest BCUT2D eigenvalue weighted by atomic mass is 10.1. The number of aromatic nitrogens is 1. The first-order valence-electron chi connectivity index (χ1n) is 4.34. The lowest BCUT2D eigenvalue weighted by molar-refractivity contribution is 0.603. The van der Waals surface area contributed by atoms with Crippen LogP contribution >= 0.6 is 0 Å². The van der Waals surface area contributed by atoms with Gasteiger partial charge >= 0.3 is 0 Å². The van der Waals surface area contributed by atoms with Crippen LogP contribution in [0.1, 0.15) is 19.5 Å². The molecule has 1 aromatic rings. The first-order chi connectivity index (χ1) is 6.39. The van der Waals surface area contributed by atoms with Crippen LogP contribution in [-0.2, 0) is 16.4 Å². The van der Waals surface area contributed by atoms with Crippen LogP contribution in [0.3, 0.4) is 0 Å². The lowest BCUT2D eigenvalue weighted by Gasteiger charge is -2.07. The number of sulfonamides is 1. The minimum atomic E-state index is -3.86. The first-order valence-corrected chi connectivity index (χ1v) is 5.82. The fraction of sp³-hybridized carbons (Fsp3) is 0.444. The molecular formula is C9H13N2O2S-. The van der Waals surface area contributed by atoms with Gasteiger partial charge in [-0.05, 0) is 24.5 Å². The average Bonchev–Trinajstić information content (AvgIpc) is 2.02. The molecule has 0 bridgehead atoms. The molecule has 0 amide bonds. The monoisotopic (exact) mass is 213 g/mol. The van der Waals surface area contributed by atoms with Crippen LogP contribution in [0.5, 0.6) is 0 Å². The zero-order valence-electron chi connectivity index (χ0n) is 8.19. The third-order valence-electron chi connectivity index (χ3n) is 1.73. The highest BCUT2D eigenvalue weighted by atomic mass is 32.2. The van der Waals surface area contributed by atoms with Gasteiger partial charge in [-0.1, -0.05) is 13.8 Å². The maximum Gasteiger partial charge on any atom is 0.100 e. The molecule has 5 heteroatoms. The van der Waals surface area contributed by atoms with E-state index in [0.717, 1.165) is 12.1 Å². The summed E-state index contributed by atoms with van der Waals surface area (Å²) < 4.78 is 21.6. The summed E-state index contributed by atoms with van der Waals surface area (Å²) in [7, 11) is -3.86. The minimum absolute atomic E-state index is 0.0509. The van der Waals surface area contributed by atoms with Gasteiger partial charge in [0.1, 0.15) is 10.0 Å². The predicted molar refractivity (Wildman–Crippen MR) is 54.3 cm³/mol. The van der Waals surface area contributed by atoms with Gasteiger partial charge in [-0.25, -0.2) is 8.42 Å². The molecule has 1 N–H and O–H groups in total. The highest BCUT2D eigenvalue weighted by molar-refractivity contribution is 7.93.